The Morgan fingerprint density at radius 2 is 1.82 bits per heavy atom. The van der Waals surface area contributed by atoms with Gasteiger partial charge >= 0.3 is 6.61 Å². The third kappa shape index (κ3) is 5.67. The first-order chi connectivity index (χ1) is 13.3. The smallest absolute Gasteiger partial charge is 0.387 e. The van der Waals surface area contributed by atoms with Crippen molar-refractivity contribution in [1.29, 1.82) is 0 Å². The first kappa shape index (κ1) is 21.1. The summed E-state index contributed by atoms with van der Waals surface area (Å²) >= 11 is 0. The van der Waals surface area contributed by atoms with Gasteiger partial charge in [-0.1, -0.05) is 23.4 Å². The van der Waals surface area contributed by atoms with E-state index in [0.717, 1.165) is 16.8 Å². The van der Waals surface area contributed by atoms with Crippen LogP contribution in [0, 0.1) is 13.8 Å². The normalized spacial score (nSPS) is 12.1. The summed E-state index contributed by atoms with van der Waals surface area (Å²) < 4.78 is 34.1. The van der Waals surface area contributed by atoms with E-state index in [1.807, 2.05) is 32.0 Å². The van der Waals surface area contributed by atoms with Crippen LogP contribution in [0.5, 0.6) is 11.5 Å². The number of ether oxygens (including phenoxy) is 2. The Morgan fingerprint density at radius 1 is 1.14 bits per heavy atom. The van der Waals surface area contributed by atoms with E-state index in [9.17, 15) is 13.6 Å². The number of carbonyl (C=O) groups is 1. The van der Waals surface area contributed by atoms with Crippen molar-refractivity contribution in [2.75, 3.05) is 12.4 Å². The van der Waals surface area contributed by atoms with Crippen LogP contribution < -0.4 is 14.8 Å². The number of para-hydroxylation sites is 1. The molecule has 2 aromatic carbocycles. The molecule has 1 N–H and O–H groups in total. The third-order valence-corrected chi connectivity index (χ3v) is 3.92. The molecule has 0 fully saturated rings. The molecule has 28 heavy (non-hydrogen) atoms. The number of amides is 1. The van der Waals surface area contributed by atoms with Gasteiger partial charge in [-0.2, -0.15) is 8.78 Å². The number of benzene rings is 2. The summed E-state index contributed by atoms with van der Waals surface area (Å²) in [6, 6.07) is 10.0. The molecule has 0 heterocycles. The maximum absolute atomic E-state index is 12.3. The number of halogens is 2. The number of nitrogens with one attached hydrogen (secondary N) is 1. The highest BCUT2D eigenvalue weighted by atomic mass is 19.3. The van der Waals surface area contributed by atoms with Crippen molar-refractivity contribution in [2.45, 2.75) is 33.5 Å². The van der Waals surface area contributed by atoms with Gasteiger partial charge in [-0.25, -0.2) is 0 Å². The van der Waals surface area contributed by atoms with Gasteiger partial charge in [0.1, 0.15) is 0 Å². The third-order valence-electron chi connectivity index (χ3n) is 3.92. The van der Waals surface area contributed by atoms with Gasteiger partial charge in [0.15, 0.2) is 11.5 Å². The number of methoxy groups -OCH3 is 1. The second-order valence-corrected chi connectivity index (χ2v) is 6.03. The molecule has 150 valence electrons. The Balaban J connectivity index is 1.99. The van der Waals surface area contributed by atoms with Crippen molar-refractivity contribution in [3.63, 3.8) is 0 Å². The molecule has 2 aromatic rings. The van der Waals surface area contributed by atoms with E-state index in [1.54, 1.807) is 6.92 Å². The van der Waals surface area contributed by atoms with Gasteiger partial charge in [0, 0.05) is 11.3 Å². The van der Waals surface area contributed by atoms with Gasteiger partial charge in [0.25, 0.3) is 5.91 Å². The maximum Gasteiger partial charge on any atom is 0.387 e. The lowest BCUT2D eigenvalue weighted by Gasteiger charge is -2.14. The Morgan fingerprint density at radius 3 is 2.43 bits per heavy atom. The molecule has 0 aliphatic heterocycles. The van der Waals surface area contributed by atoms with Crippen LogP contribution in [-0.2, 0) is 9.63 Å². The van der Waals surface area contributed by atoms with E-state index in [0.29, 0.717) is 5.56 Å². The molecular weight excluding hydrogens is 370 g/mol. The molecule has 0 aliphatic rings. The molecule has 0 bridgehead atoms. The average molecular weight is 392 g/mol. The molecule has 8 heteroatoms. The maximum atomic E-state index is 12.3. The molecule has 0 aliphatic carbocycles. The van der Waals surface area contributed by atoms with Gasteiger partial charge in [0.05, 0.1) is 13.3 Å². The zero-order valence-corrected chi connectivity index (χ0v) is 16.0. The van der Waals surface area contributed by atoms with Crippen molar-refractivity contribution in [3.8, 4) is 11.5 Å². The van der Waals surface area contributed by atoms with Crippen molar-refractivity contribution >= 4 is 17.8 Å². The van der Waals surface area contributed by atoms with Crippen LogP contribution >= 0.6 is 0 Å². The fourth-order valence-electron chi connectivity index (χ4n) is 2.42. The fraction of sp³-hybridized carbons (Fsp3) is 0.300. The zero-order chi connectivity index (χ0) is 20.7. The van der Waals surface area contributed by atoms with Gasteiger partial charge in [-0.15, -0.1) is 0 Å². The van der Waals surface area contributed by atoms with Crippen molar-refractivity contribution in [2.24, 2.45) is 5.16 Å². The number of oxime groups is 1. The lowest BCUT2D eigenvalue weighted by atomic mass is 10.1. The van der Waals surface area contributed by atoms with E-state index >= 15 is 0 Å². The van der Waals surface area contributed by atoms with Crippen LogP contribution in [0.3, 0.4) is 0 Å². The minimum atomic E-state index is -2.95. The monoisotopic (exact) mass is 392 g/mol. The van der Waals surface area contributed by atoms with Crippen LogP contribution in [0.4, 0.5) is 14.5 Å². The van der Waals surface area contributed by atoms with Crippen LogP contribution in [0.1, 0.15) is 23.6 Å². The van der Waals surface area contributed by atoms with Crippen molar-refractivity contribution < 1.29 is 27.9 Å². The highest BCUT2D eigenvalue weighted by molar-refractivity contribution is 5.95. The first-order valence-corrected chi connectivity index (χ1v) is 8.51. The van der Waals surface area contributed by atoms with Crippen molar-refractivity contribution in [3.05, 3.63) is 53.1 Å². The van der Waals surface area contributed by atoms with E-state index in [2.05, 4.69) is 15.2 Å². The molecule has 1 amide bonds. The molecular formula is C20H22F2N2O4. The number of alkyl halides is 2. The quantitative estimate of drug-likeness (QED) is 0.537. The van der Waals surface area contributed by atoms with E-state index in [1.165, 1.54) is 31.5 Å². The zero-order valence-electron chi connectivity index (χ0n) is 16.0. The van der Waals surface area contributed by atoms with Gasteiger partial charge < -0.3 is 19.6 Å². The molecule has 0 radical (unpaired) electrons. The van der Waals surface area contributed by atoms with E-state index in [-0.39, 0.29) is 17.4 Å². The van der Waals surface area contributed by atoms with E-state index in [4.69, 9.17) is 9.57 Å². The summed E-state index contributed by atoms with van der Waals surface area (Å²) in [4.78, 5) is 17.5. The molecule has 0 aromatic heterocycles. The Kier molecular flexibility index (Phi) is 7.31. The second-order valence-electron chi connectivity index (χ2n) is 6.03. The summed E-state index contributed by atoms with van der Waals surface area (Å²) in [5, 5.41) is 6.61. The summed E-state index contributed by atoms with van der Waals surface area (Å²) in [6.07, 6.45) is 0.510. The predicted octanol–water partition coefficient (Wildman–Crippen LogP) is 4.29. The summed E-state index contributed by atoms with van der Waals surface area (Å²) in [6.45, 7) is 2.43. The topological polar surface area (TPSA) is 69.2 Å². The van der Waals surface area contributed by atoms with Crippen molar-refractivity contribution in [1.82, 2.24) is 0 Å². The molecule has 6 nitrogen and oxygen atoms in total. The standard InChI is InChI=1S/C20H22F2N2O4/c1-12-6-5-7-13(2)18(12)24-19(25)14(3)28-23-11-15-8-9-16(27-20(21)22)17(10-15)26-4/h5-11,14,20H,1-4H3,(H,24,25)/b23-11+. The minimum absolute atomic E-state index is 0.0862. The Bertz CT molecular complexity index is 836. The number of hydrogen-bond acceptors (Lipinski definition) is 5. The lowest BCUT2D eigenvalue weighted by molar-refractivity contribution is -0.126. The Hall–Kier alpha value is -3.16. The molecule has 0 spiro atoms. The number of nitrogens with zero attached hydrogens (tertiary/aromatic N) is 1. The predicted molar refractivity (Wildman–Crippen MR) is 102 cm³/mol. The Labute approximate surface area is 162 Å². The van der Waals surface area contributed by atoms with Gasteiger partial charge in [-0.3, -0.25) is 4.79 Å². The fourth-order valence-corrected chi connectivity index (χ4v) is 2.42. The van der Waals surface area contributed by atoms with Crippen LogP contribution in [0.2, 0.25) is 0 Å². The van der Waals surface area contributed by atoms with Gasteiger partial charge in [0.2, 0.25) is 6.10 Å². The van der Waals surface area contributed by atoms with E-state index < -0.39 is 12.7 Å². The highest BCUT2D eigenvalue weighted by Gasteiger charge is 2.16. The van der Waals surface area contributed by atoms with Crippen LogP contribution in [0.15, 0.2) is 41.6 Å². The number of carbonyl (C=O) groups excluding carboxylic acids is 1. The van der Waals surface area contributed by atoms with Gasteiger partial charge in [-0.05, 0) is 50.1 Å². The molecule has 0 saturated carbocycles. The average Bonchev–Trinajstić information content (AvgIpc) is 2.65. The summed E-state index contributed by atoms with van der Waals surface area (Å²) in [5.74, 6) is -0.296. The number of aryl methyl sites for hydroxylation is 2. The number of hydrogen-bond donors (Lipinski definition) is 1. The molecule has 2 rings (SSSR count). The van der Waals surface area contributed by atoms with Crippen LogP contribution in [0.25, 0.3) is 0 Å². The number of rotatable bonds is 8. The molecule has 0 saturated heterocycles. The summed E-state index contributed by atoms with van der Waals surface area (Å²) in [5.41, 5.74) is 3.16. The number of anilines is 1. The summed E-state index contributed by atoms with van der Waals surface area (Å²) in [7, 11) is 1.34. The lowest BCUT2D eigenvalue weighted by Crippen LogP contribution is -2.27. The molecule has 1 unspecified atom stereocenters. The molecule has 1 atom stereocenters. The largest absolute Gasteiger partial charge is 0.493 e. The SMILES string of the molecule is COc1cc(/C=N/OC(C)C(=O)Nc2c(C)cccc2C)ccc1OC(F)F. The second kappa shape index (κ2) is 9.68. The highest BCUT2D eigenvalue weighted by Crippen LogP contribution is 2.29. The first-order valence-electron chi connectivity index (χ1n) is 8.51. The van der Waals surface area contributed by atoms with Crippen LogP contribution in [-0.4, -0.2) is 31.9 Å². The minimum Gasteiger partial charge on any atom is -0.493 e.